The van der Waals surface area contributed by atoms with Crippen molar-refractivity contribution in [1.29, 1.82) is 0 Å². The molecule has 0 radical (unpaired) electrons. The molecule has 0 atom stereocenters. The van der Waals surface area contributed by atoms with Crippen LogP contribution in [0.2, 0.25) is 5.02 Å². The zero-order valence-electron chi connectivity index (χ0n) is 12.1. The van der Waals surface area contributed by atoms with Gasteiger partial charge >= 0.3 is 0 Å². The van der Waals surface area contributed by atoms with Crippen molar-refractivity contribution >= 4 is 33.2 Å². The molecule has 0 unspecified atom stereocenters. The van der Waals surface area contributed by atoms with Gasteiger partial charge in [-0.2, -0.15) is 0 Å². The Morgan fingerprint density at radius 2 is 1.82 bits per heavy atom. The predicted octanol–water partition coefficient (Wildman–Crippen LogP) is 2.52. The molecule has 1 N–H and O–H groups in total. The van der Waals surface area contributed by atoms with Crippen LogP contribution in [0.25, 0.3) is 0 Å². The van der Waals surface area contributed by atoms with Gasteiger partial charge in [0.05, 0.1) is 10.6 Å². The summed E-state index contributed by atoms with van der Waals surface area (Å²) in [5.41, 5.74) is 0.723. The highest BCUT2D eigenvalue weighted by Gasteiger charge is 2.22. The van der Waals surface area contributed by atoms with Gasteiger partial charge in [-0.3, -0.25) is 9.10 Å². The van der Waals surface area contributed by atoms with Crippen LogP contribution in [0.1, 0.15) is 10.4 Å². The van der Waals surface area contributed by atoms with Gasteiger partial charge in [0.15, 0.2) is 0 Å². The van der Waals surface area contributed by atoms with Gasteiger partial charge in [-0.25, -0.2) is 8.42 Å². The lowest BCUT2D eigenvalue weighted by Gasteiger charge is -2.20. The first kappa shape index (κ1) is 16.3. The van der Waals surface area contributed by atoms with Crippen molar-refractivity contribution < 1.29 is 13.2 Å². The average molecular weight is 339 g/mol. The number of nitrogens with one attached hydrogen (secondary N) is 1. The lowest BCUT2D eigenvalue weighted by molar-refractivity contribution is 0.0963. The van der Waals surface area contributed by atoms with E-state index in [1.165, 1.54) is 32.3 Å². The van der Waals surface area contributed by atoms with Gasteiger partial charge in [0.2, 0.25) is 0 Å². The molecule has 0 saturated carbocycles. The Morgan fingerprint density at radius 3 is 2.45 bits per heavy atom. The van der Waals surface area contributed by atoms with E-state index in [0.717, 1.165) is 4.31 Å². The third-order valence-electron chi connectivity index (χ3n) is 3.15. The lowest BCUT2D eigenvalue weighted by atomic mass is 10.2. The SMILES string of the molecule is CNC(=O)c1cccc(S(=O)(=O)N(C)c2cccc(Cl)c2)c1. The number of nitrogens with zero attached hydrogens (tertiary/aromatic N) is 1. The number of carbonyl (C=O) groups excluding carboxylic acids is 1. The summed E-state index contributed by atoms with van der Waals surface area (Å²) in [5, 5.41) is 2.91. The molecule has 0 aliphatic rings. The molecule has 116 valence electrons. The van der Waals surface area contributed by atoms with Crippen LogP contribution in [0, 0.1) is 0 Å². The Kier molecular flexibility index (Phi) is 4.73. The van der Waals surface area contributed by atoms with E-state index in [9.17, 15) is 13.2 Å². The minimum Gasteiger partial charge on any atom is -0.355 e. The molecule has 22 heavy (non-hydrogen) atoms. The third kappa shape index (κ3) is 3.23. The number of halogens is 1. The van der Waals surface area contributed by atoms with Gasteiger partial charge in [0.25, 0.3) is 15.9 Å². The molecule has 0 aliphatic carbocycles. The fourth-order valence-electron chi connectivity index (χ4n) is 1.91. The van der Waals surface area contributed by atoms with Crippen molar-refractivity contribution in [3.05, 3.63) is 59.1 Å². The molecule has 1 amide bonds. The van der Waals surface area contributed by atoms with Crippen molar-refractivity contribution in [3.63, 3.8) is 0 Å². The smallest absolute Gasteiger partial charge is 0.264 e. The van der Waals surface area contributed by atoms with E-state index < -0.39 is 10.0 Å². The molecule has 2 aromatic carbocycles. The van der Waals surface area contributed by atoms with Crippen LogP contribution in [-0.2, 0) is 10.0 Å². The van der Waals surface area contributed by atoms with E-state index in [2.05, 4.69) is 5.32 Å². The highest BCUT2D eigenvalue weighted by atomic mass is 35.5. The molecule has 2 rings (SSSR count). The number of sulfonamides is 1. The van der Waals surface area contributed by atoms with E-state index in [1.54, 1.807) is 30.3 Å². The molecule has 0 bridgehead atoms. The number of amides is 1. The van der Waals surface area contributed by atoms with Crippen LogP contribution < -0.4 is 9.62 Å². The first-order valence-corrected chi connectivity index (χ1v) is 8.24. The van der Waals surface area contributed by atoms with Crippen LogP contribution in [-0.4, -0.2) is 28.4 Å². The molecule has 0 spiro atoms. The molecule has 0 heterocycles. The largest absolute Gasteiger partial charge is 0.355 e. The molecule has 0 aliphatic heterocycles. The highest BCUT2D eigenvalue weighted by Crippen LogP contribution is 2.24. The second-order valence-electron chi connectivity index (χ2n) is 4.56. The normalized spacial score (nSPS) is 11.0. The maximum atomic E-state index is 12.7. The van der Waals surface area contributed by atoms with E-state index in [1.807, 2.05) is 0 Å². The number of anilines is 1. The maximum Gasteiger partial charge on any atom is 0.264 e. The van der Waals surface area contributed by atoms with E-state index in [-0.39, 0.29) is 16.4 Å². The predicted molar refractivity (Wildman–Crippen MR) is 86.9 cm³/mol. The highest BCUT2D eigenvalue weighted by molar-refractivity contribution is 7.92. The third-order valence-corrected chi connectivity index (χ3v) is 5.17. The number of hydrogen-bond acceptors (Lipinski definition) is 3. The van der Waals surface area contributed by atoms with E-state index >= 15 is 0 Å². The molecular weight excluding hydrogens is 324 g/mol. The van der Waals surface area contributed by atoms with Crippen molar-refractivity contribution in [3.8, 4) is 0 Å². The van der Waals surface area contributed by atoms with Crippen molar-refractivity contribution in [2.45, 2.75) is 4.90 Å². The Balaban J connectivity index is 2.44. The van der Waals surface area contributed by atoms with Gasteiger partial charge in [-0.1, -0.05) is 23.7 Å². The Labute approximate surface area is 134 Å². The summed E-state index contributed by atoms with van der Waals surface area (Å²) in [4.78, 5) is 11.7. The summed E-state index contributed by atoms with van der Waals surface area (Å²) >= 11 is 5.90. The van der Waals surface area contributed by atoms with Crippen molar-refractivity contribution in [2.24, 2.45) is 0 Å². The monoisotopic (exact) mass is 338 g/mol. The minimum absolute atomic E-state index is 0.0380. The molecular formula is C15H15ClN2O3S. The topological polar surface area (TPSA) is 66.5 Å². The number of carbonyl (C=O) groups is 1. The second kappa shape index (κ2) is 6.37. The van der Waals surface area contributed by atoms with Crippen LogP contribution in [0.5, 0.6) is 0 Å². The molecule has 5 nitrogen and oxygen atoms in total. The van der Waals surface area contributed by atoms with Gasteiger partial charge < -0.3 is 5.32 Å². The number of benzene rings is 2. The fourth-order valence-corrected chi connectivity index (χ4v) is 3.33. The van der Waals surface area contributed by atoms with Crippen LogP contribution in [0.4, 0.5) is 5.69 Å². The minimum atomic E-state index is -3.78. The van der Waals surface area contributed by atoms with Crippen LogP contribution in [0.3, 0.4) is 0 Å². The first-order valence-electron chi connectivity index (χ1n) is 6.43. The molecule has 2 aromatic rings. The molecule has 0 fully saturated rings. The van der Waals surface area contributed by atoms with Crippen LogP contribution >= 0.6 is 11.6 Å². The van der Waals surface area contributed by atoms with Crippen molar-refractivity contribution in [2.75, 3.05) is 18.4 Å². The lowest BCUT2D eigenvalue weighted by Crippen LogP contribution is -2.27. The summed E-state index contributed by atoms with van der Waals surface area (Å²) in [5.74, 6) is -0.345. The Bertz CT molecular complexity index is 806. The summed E-state index contributed by atoms with van der Waals surface area (Å²) in [6, 6.07) is 12.4. The maximum absolute atomic E-state index is 12.7. The summed E-state index contributed by atoms with van der Waals surface area (Å²) in [6.45, 7) is 0. The summed E-state index contributed by atoms with van der Waals surface area (Å²) < 4.78 is 26.4. The molecule has 0 aromatic heterocycles. The van der Waals surface area contributed by atoms with Gasteiger partial charge in [-0.15, -0.1) is 0 Å². The second-order valence-corrected chi connectivity index (χ2v) is 6.97. The van der Waals surface area contributed by atoms with Gasteiger partial charge in [0, 0.05) is 24.7 Å². The van der Waals surface area contributed by atoms with E-state index in [4.69, 9.17) is 11.6 Å². The average Bonchev–Trinajstić information content (AvgIpc) is 2.53. The standard InChI is InChI=1S/C15H15ClN2O3S/c1-17-15(19)11-5-3-8-14(9-11)22(20,21)18(2)13-7-4-6-12(16)10-13/h3-10H,1-2H3,(H,17,19). The molecule has 0 saturated heterocycles. The van der Waals surface area contributed by atoms with Crippen molar-refractivity contribution in [1.82, 2.24) is 5.32 Å². The van der Waals surface area contributed by atoms with Crippen LogP contribution in [0.15, 0.2) is 53.4 Å². The Hall–Kier alpha value is -2.05. The first-order chi connectivity index (χ1) is 10.4. The number of rotatable bonds is 4. The zero-order valence-corrected chi connectivity index (χ0v) is 13.6. The number of hydrogen-bond donors (Lipinski definition) is 1. The summed E-state index contributed by atoms with van der Waals surface area (Å²) in [7, 11) is -0.853. The fraction of sp³-hybridized carbons (Fsp3) is 0.133. The van der Waals surface area contributed by atoms with Gasteiger partial charge in [0.1, 0.15) is 0 Å². The quantitative estimate of drug-likeness (QED) is 0.931. The summed E-state index contributed by atoms with van der Waals surface area (Å²) in [6.07, 6.45) is 0. The Morgan fingerprint density at radius 1 is 1.14 bits per heavy atom. The van der Waals surface area contributed by atoms with E-state index in [0.29, 0.717) is 10.7 Å². The van der Waals surface area contributed by atoms with Gasteiger partial charge in [-0.05, 0) is 36.4 Å². The molecule has 7 heteroatoms. The zero-order chi connectivity index (χ0) is 16.3.